The first-order valence-corrected chi connectivity index (χ1v) is 9.04. The van der Waals surface area contributed by atoms with Crippen LogP contribution in [0.25, 0.3) is 6.08 Å². The quantitative estimate of drug-likeness (QED) is 0.860. The number of hydrogen-bond acceptors (Lipinski definition) is 3. The van der Waals surface area contributed by atoms with Crippen molar-refractivity contribution in [2.75, 3.05) is 32.7 Å². The Bertz CT molecular complexity index is 698. The van der Waals surface area contributed by atoms with Crippen molar-refractivity contribution < 1.29 is 14.7 Å². The Hall–Kier alpha value is -2.14. The molecule has 0 bridgehead atoms. The molecule has 1 aromatic rings. The van der Waals surface area contributed by atoms with Crippen molar-refractivity contribution in [1.29, 1.82) is 0 Å². The van der Waals surface area contributed by atoms with Crippen molar-refractivity contribution in [2.24, 2.45) is 17.3 Å². The fourth-order valence-corrected chi connectivity index (χ4v) is 4.21. The van der Waals surface area contributed by atoms with E-state index in [4.69, 9.17) is 0 Å². The largest absolute Gasteiger partial charge is 0.481 e. The molecule has 2 heterocycles. The molecule has 0 unspecified atom stereocenters. The van der Waals surface area contributed by atoms with Crippen LogP contribution in [0.1, 0.15) is 18.4 Å². The Labute approximate surface area is 147 Å². The average Bonchev–Trinajstić information content (AvgIpc) is 3.28. The minimum Gasteiger partial charge on any atom is -0.481 e. The van der Waals surface area contributed by atoms with Gasteiger partial charge in [-0.1, -0.05) is 42.5 Å². The van der Waals surface area contributed by atoms with Gasteiger partial charge in [0.25, 0.3) is 0 Å². The van der Waals surface area contributed by atoms with Gasteiger partial charge in [0.2, 0.25) is 5.91 Å². The molecular weight excluding hydrogens is 316 g/mol. The number of aliphatic carboxylic acids is 1. The molecule has 132 valence electrons. The third-order valence-electron chi connectivity index (χ3n) is 5.77. The van der Waals surface area contributed by atoms with Crippen LogP contribution >= 0.6 is 0 Å². The van der Waals surface area contributed by atoms with Crippen LogP contribution in [0.4, 0.5) is 0 Å². The highest BCUT2D eigenvalue weighted by Crippen LogP contribution is 2.45. The monoisotopic (exact) mass is 340 g/mol. The summed E-state index contributed by atoms with van der Waals surface area (Å²) in [5.41, 5.74) is 0.202. The molecule has 4 rings (SSSR count). The van der Waals surface area contributed by atoms with Crippen molar-refractivity contribution in [3.8, 4) is 0 Å². The first kappa shape index (κ1) is 16.3. The van der Waals surface area contributed by atoms with Crippen molar-refractivity contribution >= 4 is 18.0 Å². The predicted molar refractivity (Wildman–Crippen MR) is 94.8 cm³/mol. The third kappa shape index (κ3) is 3.09. The second-order valence-electron chi connectivity index (χ2n) is 7.68. The normalized spacial score (nSPS) is 29.5. The summed E-state index contributed by atoms with van der Waals surface area (Å²) in [5.74, 6) is -0.574. The van der Waals surface area contributed by atoms with Crippen molar-refractivity contribution in [3.05, 3.63) is 42.0 Å². The number of carbonyl (C=O) groups excluding carboxylic acids is 1. The number of carboxylic acid groups (broad SMARTS) is 1. The number of carboxylic acids is 1. The number of rotatable bonds is 6. The van der Waals surface area contributed by atoms with Crippen LogP contribution < -0.4 is 0 Å². The maximum atomic E-state index is 12.7. The third-order valence-corrected chi connectivity index (χ3v) is 5.77. The van der Waals surface area contributed by atoms with E-state index in [2.05, 4.69) is 11.0 Å². The van der Waals surface area contributed by atoms with E-state index in [1.54, 1.807) is 0 Å². The number of fused-ring (bicyclic) bond motifs is 1. The molecular formula is C20H24N2O3. The van der Waals surface area contributed by atoms with Crippen LogP contribution in [0.3, 0.4) is 0 Å². The van der Waals surface area contributed by atoms with Gasteiger partial charge in [0.05, 0.1) is 5.92 Å². The lowest BCUT2D eigenvalue weighted by Crippen LogP contribution is -2.41. The molecule has 1 aromatic carbocycles. The highest BCUT2D eigenvalue weighted by molar-refractivity contribution is 5.92. The maximum absolute atomic E-state index is 12.7. The fraction of sp³-hybridized carbons (Fsp3) is 0.500. The van der Waals surface area contributed by atoms with E-state index < -0.39 is 17.3 Å². The Morgan fingerprint density at radius 3 is 2.64 bits per heavy atom. The van der Waals surface area contributed by atoms with Gasteiger partial charge in [-0.05, 0) is 24.3 Å². The van der Waals surface area contributed by atoms with Gasteiger partial charge in [-0.25, -0.2) is 0 Å². The molecule has 2 atom stereocenters. The van der Waals surface area contributed by atoms with Gasteiger partial charge in [-0.3, -0.25) is 14.5 Å². The molecule has 0 radical (unpaired) electrons. The van der Waals surface area contributed by atoms with E-state index >= 15 is 0 Å². The number of benzene rings is 1. The van der Waals surface area contributed by atoms with Gasteiger partial charge >= 0.3 is 5.97 Å². The predicted octanol–water partition coefficient (Wildman–Crippen LogP) is 1.95. The highest BCUT2D eigenvalue weighted by Gasteiger charge is 2.62. The van der Waals surface area contributed by atoms with Crippen LogP contribution in [0.2, 0.25) is 0 Å². The molecule has 0 spiro atoms. The van der Waals surface area contributed by atoms with Crippen molar-refractivity contribution in [3.63, 3.8) is 0 Å². The molecule has 1 amide bonds. The van der Waals surface area contributed by atoms with E-state index in [1.807, 2.05) is 41.3 Å². The second-order valence-corrected chi connectivity index (χ2v) is 7.68. The highest BCUT2D eigenvalue weighted by atomic mass is 16.4. The molecule has 1 N–H and O–H groups in total. The lowest BCUT2D eigenvalue weighted by atomic mass is 9.81. The van der Waals surface area contributed by atoms with Crippen LogP contribution in [0, 0.1) is 17.3 Å². The van der Waals surface area contributed by atoms with E-state index in [9.17, 15) is 14.7 Å². The number of likely N-dealkylation sites (tertiary alicyclic amines) is 2. The van der Waals surface area contributed by atoms with Crippen LogP contribution in [-0.4, -0.2) is 59.5 Å². The van der Waals surface area contributed by atoms with Gasteiger partial charge < -0.3 is 10.0 Å². The smallest absolute Gasteiger partial charge is 0.313 e. The SMILES string of the molecule is O=C1[C@@H]2CN(C/C=C/c3ccccc3)C[C@]2(C(=O)O)CN1CC1CC1. The van der Waals surface area contributed by atoms with Gasteiger partial charge in [-0.2, -0.15) is 0 Å². The summed E-state index contributed by atoms with van der Waals surface area (Å²) in [5, 5.41) is 9.86. The van der Waals surface area contributed by atoms with Crippen molar-refractivity contribution in [1.82, 2.24) is 9.80 Å². The molecule has 1 saturated carbocycles. The number of carbonyl (C=O) groups is 2. The number of hydrogen-bond donors (Lipinski definition) is 1. The zero-order chi connectivity index (χ0) is 17.4. The summed E-state index contributed by atoms with van der Waals surface area (Å²) in [6, 6.07) is 10.0. The van der Waals surface area contributed by atoms with Crippen LogP contribution in [0.5, 0.6) is 0 Å². The molecule has 2 aliphatic heterocycles. The molecule has 3 fully saturated rings. The Morgan fingerprint density at radius 2 is 2.00 bits per heavy atom. The molecule has 3 aliphatic rings. The van der Waals surface area contributed by atoms with Crippen molar-refractivity contribution in [2.45, 2.75) is 12.8 Å². The van der Waals surface area contributed by atoms with Gasteiger partial charge in [0, 0.05) is 32.7 Å². The van der Waals surface area contributed by atoms with Gasteiger partial charge in [0.15, 0.2) is 0 Å². The van der Waals surface area contributed by atoms with E-state index in [-0.39, 0.29) is 5.91 Å². The van der Waals surface area contributed by atoms with E-state index in [0.29, 0.717) is 32.1 Å². The Kier molecular flexibility index (Phi) is 4.12. The fourth-order valence-electron chi connectivity index (χ4n) is 4.21. The zero-order valence-corrected chi connectivity index (χ0v) is 14.3. The number of amides is 1. The molecule has 5 heteroatoms. The molecule has 5 nitrogen and oxygen atoms in total. The minimum atomic E-state index is -0.924. The summed E-state index contributed by atoms with van der Waals surface area (Å²) in [6.45, 7) is 2.81. The summed E-state index contributed by atoms with van der Waals surface area (Å²) in [7, 11) is 0. The lowest BCUT2D eigenvalue weighted by Gasteiger charge is -2.24. The Balaban J connectivity index is 1.43. The standard InChI is InChI=1S/C20H24N2O3/c23-18-17-12-21(10-4-7-15-5-2-1-3-6-15)13-20(17,19(24)25)14-22(18)11-16-8-9-16/h1-7,16-17H,8-14H2,(H,24,25)/b7-4+/t17-,20-/m0/s1. The molecule has 1 aliphatic carbocycles. The van der Waals surface area contributed by atoms with Gasteiger partial charge in [0.1, 0.15) is 5.41 Å². The summed E-state index contributed by atoms with van der Waals surface area (Å²) in [4.78, 5) is 28.6. The Morgan fingerprint density at radius 1 is 1.24 bits per heavy atom. The zero-order valence-electron chi connectivity index (χ0n) is 14.3. The first-order valence-electron chi connectivity index (χ1n) is 9.04. The summed E-state index contributed by atoms with van der Waals surface area (Å²) >= 11 is 0. The molecule has 2 saturated heterocycles. The van der Waals surface area contributed by atoms with E-state index in [1.165, 1.54) is 12.8 Å². The first-order chi connectivity index (χ1) is 12.1. The van der Waals surface area contributed by atoms with Crippen LogP contribution in [0.15, 0.2) is 36.4 Å². The summed E-state index contributed by atoms with van der Waals surface area (Å²) < 4.78 is 0. The second kappa shape index (κ2) is 6.30. The average molecular weight is 340 g/mol. The molecule has 25 heavy (non-hydrogen) atoms. The minimum absolute atomic E-state index is 0.0452. The summed E-state index contributed by atoms with van der Waals surface area (Å²) in [6.07, 6.45) is 6.44. The number of nitrogens with zero attached hydrogens (tertiary/aromatic N) is 2. The molecule has 0 aromatic heterocycles. The maximum Gasteiger partial charge on any atom is 0.313 e. The van der Waals surface area contributed by atoms with E-state index in [0.717, 1.165) is 12.1 Å². The van der Waals surface area contributed by atoms with Gasteiger partial charge in [-0.15, -0.1) is 0 Å². The van der Waals surface area contributed by atoms with Crippen LogP contribution in [-0.2, 0) is 9.59 Å². The lowest BCUT2D eigenvalue weighted by molar-refractivity contribution is -0.149. The topological polar surface area (TPSA) is 60.9 Å².